The van der Waals surface area contributed by atoms with E-state index in [1.807, 2.05) is 13.0 Å². The Morgan fingerprint density at radius 1 is 1.04 bits per heavy atom. The Kier molecular flexibility index (Phi) is 4.25. The van der Waals surface area contributed by atoms with Gasteiger partial charge >= 0.3 is 0 Å². The van der Waals surface area contributed by atoms with Gasteiger partial charge < -0.3 is 14.6 Å². The van der Waals surface area contributed by atoms with E-state index < -0.39 is 0 Å². The highest BCUT2D eigenvalue weighted by Crippen LogP contribution is 2.44. The van der Waals surface area contributed by atoms with Crippen LogP contribution in [0.25, 0.3) is 33.1 Å². The lowest BCUT2D eigenvalue weighted by Gasteiger charge is -2.16. The summed E-state index contributed by atoms with van der Waals surface area (Å²) in [6.07, 6.45) is 1.72. The largest absolute Gasteiger partial charge is 0.506 e. The minimum Gasteiger partial charge on any atom is -0.506 e. The van der Waals surface area contributed by atoms with Crippen LogP contribution in [-0.4, -0.2) is 34.5 Å². The SMILES string of the molecule is COc1cc2c(-c3cc(Cl)c(O)cc3Cl)nc3[nH]ncc3c2c(C)c1OC. The summed E-state index contributed by atoms with van der Waals surface area (Å²) in [6, 6.07) is 4.85. The van der Waals surface area contributed by atoms with Crippen LogP contribution >= 0.6 is 23.2 Å². The first-order chi connectivity index (χ1) is 13.0. The molecule has 138 valence electrons. The second-order valence-corrected chi connectivity index (χ2v) is 6.85. The third-order valence-electron chi connectivity index (χ3n) is 4.57. The maximum atomic E-state index is 9.83. The van der Waals surface area contributed by atoms with Crippen LogP contribution in [0, 0.1) is 6.92 Å². The molecule has 6 nitrogen and oxygen atoms in total. The van der Waals surface area contributed by atoms with Crippen molar-refractivity contribution in [3.05, 3.63) is 40.0 Å². The van der Waals surface area contributed by atoms with Crippen LogP contribution in [-0.2, 0) is 0 Å². The Balaban J connectivity index is 2.21. The number of fused-ring (bicyclic) bond motifs is 3. The number of hydrogen-bond donors (Lipinski definition) is 2. The molecule has 0 spiro atoms. The van der Waals surface area contributed by atoms with E-state index in [2.05, 4.69) is 10.2 Å². The van der Waals surface area contributed by atoms with Crippen molar-refractivity contribution in [3.63, 3.8) is 0 Å². The van der Waals surface area contributed by atoms with E-state index in [9.17, 15) is 5.11 Å². The topological polar surface area (TPSA) is 80.3 Å². The van der Waals surface area contributed by atoms with Crippen molar-refractivity contribution in [1.82, 2.24) is 15.2 Å². The lowest BCUT2D eigenvalue weighted by molar-refractivity contribution is 0.354. The van der Waals surface area contributed by atoms with Crippen molar-refractivity contribution >= 4 is 45.0 Å². The molecule has 4 aromatic rings. The Morgan fingerprint density at radius 2 is 1.81 bits per heavy atom. The van der Waals surface area contributed by atoms with E-state index in [0.717, 1.165) is 21.7 Å². The highest BCUT2D eigenvalue weighted by atomic mass is 35.5. The molecule has 4 rings (SSSR count). The van der Waals surface area contributed by atoms with Gasteiger partial charge in [-0.05, 0) is 19.1 Å². The second-order valence-electron chi connectivity index (χ2n) is 6.04. The quantitative estimate of drug-likeness (QED) is 0.496. The molecule has 0 fully saturated rings. The van der Waals surface area contributed by atoms with Crippen molar-refractivity contribution in [2.45, 2.75) is 6.92 Å². The fourth-order valence-electron chi connectivity index (χ4n) is 3.35. The number of halogens is 2. The Hall–Kier alpha value is -2.70. The molecule has 2 aromatic carbocycles. The number of H-pyrrole nitrogens is 1. The molecule has 2 heterocycles. The Labute approximate surface area is 164 Å². The number of aromatic hydroxyl groups is 1. The second kappa shape index (κ2) is 6.48. The molecule has 0 aliphatic heterocycles. The van der Waals surface area contributed by atoms with Crippen molar-refractivity contribution in [1.29, 1.82) is 0 Å². The number of methoxy groups -OCH3 is 2. The van der Waals surface area contributed by atoms with Crippen LogP contribution in [0.15, 0.2) is 24.4 Å². The molecule has 0 saturated heterocycles. The number of phenols is 1. The van der Waals surface area contributed by atoms with E-state index in [1.54, 1.807) is 26.5 Å². The van der Waals surface area contributed by atoms with Crippen molar-refractivity contribution in [3.8, 4) is 28.5 Å². The lowest BCUT2D eigenvalue weighted by Crippen LogP contribution is -1.97. The lowest BCUT2D eigenvalue weighted by atomic mass is 9.97. The van der Waals surface area contributed by atoms with Gasteiger partial charge in [0, 0.05) is 33.4 Å². The molecule has 0 unspecified atom stereocenters. The summed E-state index contributed by atoms with van der Waals surface area (Å²) in [6.45, 7) is 1.95. The average Bonchev–Trinajstić information content (AvgIpc) is 3.11. The number of nitrogens with zero attached hydrogens (tertiary/aromatic N) is 2. The zero-order chi connectivity index (χ0) is 19.3. The molecule has 0 aliphatic rings. The molecular weight excluding hydrogens is 389 g/mol. The summed E-state index contributed by atoms with van der Waals surface area (Å²) in [5.74, 6) is 1.13. The highest BCUT2D eigenvalue weighted by Gasteiger charge is 2.21. The fraction of sp³-hybridized carbons (Fsp3) is 0.158. The third kappa shape index (κ3) is 2.64. The zero-order valence-corrected chi connectivity index (χ0v) is 16.2. The van der Waals surface area contributed by atoms with Gasteiger partial charge in [-0.3, -0.25) is 5.10 Å². The third-order valence-corrected chi connectivity index (χ3v) is 5.18. The molecule has 0 radical (unpaired) electrons. The molecule has 2 aromatic heterocycles. The summed E-state index contributed by atoms with van der Waals surface area (Å²) < 4.78 is 11.1. The molecule has 0 saturated carbocycles. The summed E-state index contributed by atoms with van der Waals surface area (Å²) in [5, 5.41) is 19.9. The zero-order valence-electron chi connectivity index (χ0n) is 14.7. The van der Waals surface area contributed by atoms with E-state index >= 15 is 0 Å². The van der Waals surface area contributed by atoms with Gasteiger partial charge in [0.2, 0.25) is 0 Å². The number of phenolic OH excluding ortho intramolecular Hbond substituents is 1. The van der Waals surface area contributed by atoms with Crippen molar-refractivity contribution < 1.29 is 14.6 Å². The van der Waals surface area contributed by atoms with Crippen LogP contribution in [0.4, 0.5) is 0 Å². The fourth-order valence-corrected chi connectivity index (χ4v) is 3.76. The molecule has 0 aliphatic carbocycles. The Bertz CT molecular complexity index is 1200. The molecule has 0 atom stereocenters. The van der Waals surface area contributed by atoms with Gasteiger partial charge in [-0.1, -0.05) is 23.2 Å². The van der Waals surface area contributed by atoms with Gasteiger partial charge in [0.05, 0.1) is 36.2 Å². The smallest absolute Gasteiger partial charge is 0.164 e. The molecule has 0 amide bonds. The number of hydrogen-bond acceptors (Lipinski definition) is 5. The van der Waals surface area contributed by atoms with Crippen LogP contribution < -0.4 is 9.47 Å². The number of aromatic amines is 1. The molecule has 0 bridgehead atoms. The first-order valence-corrected chi connectivity index (χ1v) is 8.78. The van der Waals surface area contributed by atoms with Crippen LogP contribution in [0.2, 0.25) is 10.0 Å². The number of ether oxygens (including phenoxy) is 2. The summed E-state index contributed by atoms with van der Waals surface area (Å²) >= 11 is 12.5. The molecule has 27 heavy (non-hydrogen) atoms. The van der Waals surface area contributed by atoms with Crippen LogP contribution in [0.3, 0.4) is 0 Å². The number of benzene rings is 2. The van der Waals surface area contributed by atoms with Crippen LogP contribution in [0.5, 0.6) is 17.2 Å². The first-order valence-electron chi connectivity index (χ1n) is 8.03. The van der Waals surface area contributed by atoms with Gasteiger partial charge in [-0.25, -0.2) is 4.98 Å². The standard InChI is InChI=1S/C19H15Cl2N3O3/c1-8-16-10(5-15(26-2)18(8)27-3)17(23-19-11(16)7-22-24-19)9-4-13(21)14(25)6-12(9)20/h4-7,25H,1-3H3,(H,22,23,24). The summed E-state index contributed by atoms with van der Waals surface area (Å²) in [5.41, 5.74) is 2.68. The predicted octanol–water partition coefficient (Wildman–Crippen LogP) is 5.12. The normalized spacial score (nSPS) is 11.3. The van der Waals surface area contributed by atoms with Gasteiger partial charge in [0.25, 0.3) is 0 Å². The van der Waals surface area contributed by atoms with Crippen molar-refractivity contribution in [2.75, 3.05) is 14.2 Å². The number of nitrogens with one attached hydrogen (secondary N) is 1. The molecule has 8 heteroatoms. The van der Waals surface area contributed by atoms with E-state index in [-0.39, 0.29) is 10.8 Å². The van der Waals surface area contributed by atoms with E-state index in [1.165, 1.54) is 6.07 Å². The average molecular weight is 404 g/mol. The maximum Gasteiger partial charge on any atom is 0.164 e. The number of pyridine rings is 1. The number of rotatable bonds is 3. The summed E-state index contributed by atoms with van der Waals surface area (Å²) in [4.78, 5) is 4.70. The van der Waals surface area contributed by atoms with Gasteiger partial charge in [0.1, 0.15) is 5.75 Å². The molecule has 2 N–H and O–H groups in total. The first kappa shape index (κ1) is 17.7. The maximum absolute atomic E-state index is 9.83. The van der Waals surface area contributed by atoms with E-state index in [4.69, 9.17) is 37.7 Å². The van der Waals surface area contributed by atoms with Gasteiger partial charge in [0.15, 0.2) is 17.1 Å². The minimum atomic E-state index is -0.0900. The predicted molar refractivity (Wildman–Crippen MR) is 106 cm³/mol. The number of aromatic nitrogens is 3. The monoisotopic (exact) mass is 403 g/mol. The number of aryl methyl sites for hydroxylation is 1. The van der Waals surface area contributed by atoms with Gasteiger partial charge in [-0.2, -0.15) is 5.10 Å². The van der Waals surface area contributed by atoms with Gasteiger partial charge in [-0.15, -0.1) is 0 Å². The van der Waals surface area contributed by atoms with Crippen molar-refractivity contribution in [2.24, 2.45) is 0 Å². The summed E-state index contributed by atoms with van der Waals surface area (Å²) in [7, 11) is 3.18. The van der Waals surface area contributed by atoms with E-state index in [0.29, 0.717) is 33.4 Å². The Morgan fingerprint density at radius 3 is 2.52 bits per heavy atom. The minimum absolute atomic E-state index is 0.0900. The van der Waals surface area contributed by atoms with Crippen LogP contribution in [0.1, 0.15) is 5.56 Å². The highest BCUT2D eigenvalue weighted by molar-refractivity contribution is 6.36. The molecular formula is C19H15Cl2N3O3.